The Balaban J connectivity index is 0.00000256. The Morgan fingerprint density at radius 1 is 0.867 bits per heavy atom. The fourth-order valence-corrected chi connectivity index (χ4v) is 2.93. The predicted molar refractivity (Wildman–Crippen MR) is 112 cm³/mol. The van der Waals surface area contributed by atoms with Crippen LogP contribution in [0, 0.1) is 0 Å². The lowest BCUT2D eigenvalue weighted by molar-refractivity contribution is -0.139. The Morgan fingerprint density at radius 3 is 2.37 bits per heavy atom. The lowest BCUT2D eigenvalue weighted by atomic mass is 10.1. The highest BCUT2D eigenvalue weighted by atomic mass is 35.5. The summed E-state index contributed by atoms with van der Waals surface area (Å²) in [4.78, 5) is 8.31. The highest BCUT2D eigenvalue weighted by molar-refractivity contribution is 5.90. The minimum atomic E-state index is -4.56. The number of hydrogen-bond acceptors (Lipinski definition) is 4. The summed E-state index contributed by atoms with van der Waals surface area (Å²) in [5.74, 6) is 0.209. The van der Waals surface area contributed by atoms with Crippen molar-refractivity contribution >= 4 is 34.8 Å². The maximum atomic E-state index is 13.6. The summed E-state index contributed by atoms with van der Waals surface area (Å²) in [6, 6.07) is 20.2. The molecule has 3 aromatic carbocycles. The van der Waals surface area contributed by atoms with Gasteiger partial charge in [-0.25, -0.2) is 9.97 Å². The maximum absolute atomic E-state index is 13.6. The molecular formula is C22H17ClF3N3O. The first kappa shape index (κ1) is 21.4. The zero-order valence-electron chi connectivity index (χ0n) is 15.6. The topological polar surface area (TPSA) is 47.0 Å². The molecule has 0 aliphatic rings. The number of alkyl halides is 3. The molecule has 0 saturated heterocycles. The minimum Gasteiger partial charge on any atom is -0.488 e. The molecule has 4 rings (SSSR count). The zero-order valence-corrected chi connectivity index (χ0v) is 16.4. The smallest absolute Gasteiger partial charge is 0.420 e. The summed E-state index contributed by atoms with van der Waals surface area (Å²) in [7, 11) is 0. The van der Waals surface area contributed by atoms with Crippen LogP contribution in [0.5, 0.6) is 5.75 Å². The van der Waals surface area contributed by atoms with Gasteiger partial charge in [-0.1, -0.05) is 42.5 Å². The number of fused-ring (bicyclic) bond motifs is 1. The van der Waals surface area contributed by atoms with E-state index in [4.69, 9.17) is 4.74 Å². The number of ether oxygens (including phenoxy) is 1. The zero-order chi connectivity index (χ0) is 20.3. The summed E-state index contributed by atoms with van der Waals surface area (Å²) >= 11 is 0. The molecule has 0 aliphatic carbocycles. The lowest BCUT2D eigenvalue weighted by Gasteiger charge is -2.16. The molecule has 1 aromatic heterocycles. The molecule has 30 heavy (non-hydrogen) atoms. The van der Waals surface area contributed by atoms with Gasteiger partial charge in [0.2, 0.25) is 0 Å². The second-order valence-electron chi connectivity index (χ2n) is 6.35. The van der Waals surface area contributed by atoms with Crippen molar-refractivity contribution in [2.75, 3.05) is 5.32 Å². The van der Waals surface area contributed by atoms with Gasteiger partial charge in [-0.2, -0.15) is 13.2 Å². The van der Waals surface area contributed by atoms with Crippen molar-refractivity contribution in [2.24, 2.45) is 0 Å². The Morgan fingerprint density at radius 2 is 1.60 bits per heavy atom. The third kappa shape index (κ3) is 4.80. The largest absolute Gasteiger partial charge is 0.488 e. The molecule has 0 bridgehead atoms. The average Bonchev–Trinajstić information content (AvgIpc) is 2.73. The molecule has 0 aliphatic heterocycles. The standard InChI is InChI=1S/C22H16F3N3O.ClH/c23-22(24,25)18-12-16(10-11-20(18)29-13-15-6-2-1-3-7-15)28-21-17-8-4-5-9-19(17)26-14-27-21;/h1-12,14H,13H2,(H,26,27,28);1H. The van der Waals surface area contributed by atoms with E-state index in [9.17, 15) is 13.2 Å². The van der Waals surface area contributed by atoms with Gasteiger partial charge in [-0.3, -0.25) is 0 Å². The molecule has 0 unspecified atom stereocenters. The van der Waals surface area contributed by atoms with Crippen molar-refractivity contribution in [3.63, 3.8) is 0 Å². The number of anilines is 2. The lowest BCUT2D eigenvalue weighted by Crippen LogP contribution is -2.09. The van der Waals surface area contributed by atoms with Crippen LogP contribution in [0.15, 0.2) is 79.1 Å². The van der Waals surface area contributed by atoms with E-state index in [2.05, 4.69) is 15.3 Å². The maximum Gasteiger partial charge on any atom is 0.420 e. The molecule has 0 atom stereocenters. The number of para-hydroxylation sites is 1. The van der Waals surface area contributed by atoms with Gasteiger partial charge in [0.05, 0.1) is 11.1 Å². The minimum absolute atomic E-state index is 0. The Hall–Kier alpha value is -3.32. The number of benzene rings is 3. The second-order valence-corrected chi connectivity index (χ2v) is 6.35. The van der Waals surface area contributed by atoms with Gasteiger partial charge in [-0.15, -0.1) is 12.4 Å². The second kappa shape index (κ2) is 9.00. The van der Waals surface area contributed by atoms with E-state index in [1.165, 1.54) is 18.5 Å². The third-order valence-corrected chi connectivity index (χ3v) is 4.33. The number of rotatable bonds is 5. The molecule has 1 N–H and O–H groups in total. The fourth-order valence-electron chi connectivity index (χ4n) is 2.93. The van der Waals surface area contributed by atoms with Crippen LogP contribution in [0.2, 0.25) is 0 Å². The van der Waals surface area contributed by atoms with Crippen LogP contribution in [0.1, 0.15) is 11.1 Å². The highest BCUT2D eigenvalue weighted by Crippen LogP contribution is 2.39. The molecule has 1 heterocycles. The van der Waals surface area contributed by atoms with Crippen molar-refractivity contribution in [2.45, 2.75) is 12.8 Å². The highest BCUT2D eigenvalue weighted by Gasteiger charge is 2.34. The van der Waals surface area contributed by atoms with Gasteiger partial charge in [-0.05, 0) is 35.9 Å². The molecule has 154 valence electrons. The SMILES string of the molecule is Cl.FC(F)(F)c1cc(Nc2ncnc3ccccc23)ccc1OCc1ccccc1. The van der Waals surface area contributed by atoms with Crippen molar-refractivity contribution in [3.05, 3.63) is 90.3 Å². The van der Waals surface area contributed by atoms with E-state index in [1.54, 1.807) is 18.2 Å². The van der Waals surface area contributed by atoms with Crippen molar-refractivity contribution in [3.8, 4) is 5.75 Å². The summed E-state index contributed by atoms with van der Waals surface area (Å²) in [6.07, 6.45) is -3.19. The number of aromatic nitrogens is 2. The normalized spacial score (nSPS) is 11.0. The Kier molecular flexibility index (Phi) is 6.42. The summed E-state index contributed by atoms with van der Waals surface area (Å²) in [6.45, 7) is 0.0489. The number of hydrogen-bond donors (Lipinski definition) is 1. The van der Waals surface area contributed by atoms with Gasteiger partial charge in [0, 0.05) is 11.1 Å². The molecule has 4 nitrogen and oxygen atoms in total. The van der Waals surface area contributed by atoms with Crippen LogP contribution in [-0.4, -0.2) is 9.97 Å². The Bertz CT molecular complexity index is 1130. The van der Waals surface area contributed by atoms with E-state index in [0.717, 1.165) is 11.6 Å². The quantitative estimate of drug-likeness (QED) is 0.397. The van der Waals surface area contributed by atoms with Crippen LogP contribution >= 0.6 is 12.4 Å². The van der Waals surface area contributed by atoms with Gasteiger partial charge in [0.1, 0.15) is 24.5 Å². The molecule has 8 heteroatoms. The van der Waals surface area contributed by atoms with E-state index >= 15 is 0 Å². The number of nitrogens with one attached hydrogen (secondary N) is 1. The van der Waals surface area contributed by atoms with Crippen LogP contribution in [-0.2, 0) is 12.8 Å². The van der Waals surface area contributed by atoms with Crippen LogP contribution in [0.3, 0.4) is 0 Å². The van der Waals surface area contributed by atoms with Crippen molar-refractivity contribution < 1.29 is 17.9 Å². The summed E-state index contributed by atoms with van der Waals surface area (Å²) in [5, 5.41) is 3.67. The van der Waals surface area contributed by atoms with Gasteiger partial charge >= 0.3 is 6.18 Å². The van der Waals surface area contributed by atoms with Crippen LogP contribution in [0.4, 0.5) is 24.7 Å². The van der Waals surface area contributed by atoms with Crippen molar-refractivity contribution in [1.82, 2.24) is 9.97 Å². The molecule has 0 fully saturated rings. The van der Waals surface area contributed by atoms with Crippen molar-refractivity contribution in [1.29, 1.82) is 0 Å². The number of halogens is 4. The predicted octanol–water partition coefficient (Wildman–Crippen LogP) is 6.39. The van der Waals surface area contributed by atoms with Gasteiger partial charge < -0.3 is 10.1 Å². The number of nitrogens with zero attached hydrogens (tertiary/aromatic N) is 2. The van der Waals surface area contributed by atoms with E-state index in [-0.39, 0.29) is 30.5 Å². The summed E-state index contributed by atoms with van der Waals surface area (Å²) < 4.78 is 46.3. The van der Waals surface area contributed by atoms with Crippen LogP contribution in [0.25, 0.3) is 10.9 Å². The molecular weight excluding hydrogens is 415 g/mol. The molecule has 4 aromatic rings. The molecule has 0 radical (unpaired) electrons. The van der Waals surface area contributed by atoms with E-state index in [1.807, 2.05) is 36.4 Å². The van der Waals surface area contributed by atoms with Crippen LogP contribution < -0.4 is 10.1 Å². The monoisotopic (exact) mass is 431 g/mol. The van der Waals surface area contributed by atoms with E-state index < -0.39 is 11.7 Å². The Labute approximate surface area is 177 Å². The molecule has 0 spiro atoms. The first-order valence-corrected chi connectivity index (χ1v) is 8.85. The third-order valence-electron chi connectivity index (χ3n) is 4.33. The average molecular weight is 432 g/mol. The molecule has 0 saturated carbocycles. The first-order chi connectivity index (χ1) is 14.0. The van der Waals surface area contributed by atoms with Gasteiger partial charge in [0.15, 0.2) is 0 Å². The molecule has 0 amide bonds. The van der Waals surface area contributed by atoms with E-state index in [0.29, 0.717) is 16.7 Å². The fraction of sp³-hybridized carbons (Fsp3) is 0.0909. The first-order valence-electron chi connectivity index (χ1n) is 8.85. The summed E-state index contributed by atoms with van der Waals surface area (Å²) in [5.41, 5.74) is 0.893. The van der Waals surface area contributed by atoms with Gasteiger partial charge in [0.25, 0.3) is 0 Å².